The van der Waals surface area contributed by atoms with Crippen molar-refractivity contribution in [2.24, 2.45) is 0 Å². The van der Waals surface area contributed by atoms with Gasteiger partial charge in [0.1, 0.15) is 0 Å². The lowest BCUT2D eigenvalue weighted by molar-refractivity contribution is -0.129. The third-order valence-corrected chi connectivity index (χ3v) is 5.72. The standard InChI is InChI=1S/C18H25NO2S/c1-13(20)10-16-6-3-9-19(16)18(21)12-22-17-8-7-14-4-2-5-15(14)11-17/h7-8,11,13,16,20H,2-6,9-10,12H2,1H3. The summed E-state index contributed by atoms with van der Waals surface area (Å²) in [5, 5.41) is 9.57. The molecule has 3 nitrogen and oxygen atoms in total. The van der Waals surface area contributed by atoms with Crippen molar-refractivity contribution in [1.29, 1.82) is 0 Å². The first kappa shape index (κ1) is 15.9. The van der Waals surface area contributed by atoms with Crippen LogP contribution in [0.3, 0.4) is 0 Å². The van der Waals surface area contributed by atoms with Crippen LogP contribution in [0, 0.1) is 0 Å². The molecule has 0 aromatic heterocycles. The van der Waals surface area contributed by atoms with E-state index in [0.717, 1.165) is 19.4 Å². The molecule has 0 radical (unpaired) electrons. The summed E-state index contributed by atoms with van der Waals surface area (Å²) in [5.74, 6) is 0.725. The molecular weight excluding hydrogens is 294 g/mol. The number of rotatable bonds is 5. The molecular formula is C18H25NO2S. The summed E-state index contributed by atoms with van der Waals surface area (Å²) < 4.78 is 0. The molecule has 0 saturated carbocycles. The van der Waals surface area contributed by atoms with Crippen LogP contribution in [0.5, 0.6) is 0 Å². The van der Waals surface area contributed by atoms with Gasteiger partial charge in [-0.2, -0.15) is 0 Å². The van der Waals surface area contributed by atoms with E-state index in [1.807, 2.05) is 4.90 Å². The number of aliphatic hydroxyl groups excluding tert-OH is 1. The molecule has 4 heteroatoms. The maximum atomic E-state index is 12.5. The molecule has 120 valence electrons. The van der Waals surface area contributed by atoms with E-state index in [1.165, 1.54) is 35.3 Å². The number of benzene rings is 1. The van der Waals surface area contributed by atoms with Crippen LogP contribution < -0.4 is 0 Å². The number of hydrogen-bond acceptors (Lipinski definition) is 3. The van der Waals surface area contributed by atoms with Gasteiger partial charge in [-0.15, -0.1) is 11.8 Å². The van der Waals surface area contributed by atoms with E-state index in [0.29, 0.717) is 12.2 Å². The van der Waals surface area contributed by atoms with Crippen molar-refractivity contribution < 1.29 is 9.90 Å². The third kappa shape index (κ3) is 3.66. The van der Waals surface area contributed by atoms with E-state index in [1.54, 1.807) is 18.7 Å². The van der Waals surface area contributed by atoms with Crippen LogP contribution in [-0.4, -0.2) is 40.4 Å². The average Bonchev–Trinajstić information content (AvgIpc) is 3.12. The van der Waals surface area contributed by atoms with Crippen LogP contribution in [0.4, 0.5) is 0 Å². The fourth-order valence-corrected chi connectivity index (χ4v) is 4.51. The summed E-state index contributed by atoms with van der Waals surface area (Å²) in [4.78, 5) is 15.7. The van der Waals surface area contributed by atoms with Crippen LogP contribution in [0.1, 0.15) is 43.7 Å². The minimum Gasteiger partial charge on any atom is -0.393 e. The van der Waals surface area contributed by atoms with Crippen molar-refractivity contribution in [3.63, 3.8) is 0 Å². The number of aliphatic hydroxyl groups is 1. The lowest BCUT2D eigenvalue weighted by Gasteiger charge is -2.25. The molecule has 1 heterocycles. The lowest BCUT2D eigenvalue weighted by Crippen LogP contribution is -2.38. The molecule has 2 unspecified atom stereocenters. The Morgan fingerprint density at radius 2 is 2.18 bits per heavy atom. The van der Waals surface area contributed by atoms with Gasteiger partial charge in [0, 0.05) is 17.5 Å². The Kier molecular flexibility index (Phi) is 5.09. The maximum Gasteiger partial charge on any atom is 0.233 e. The van der Waals surface area contributed by atoms with Crippen molar-refractivity contribution >= 4 is 17.7 Å². The summed E-state index contributed by atoms with van der Waals surface area (Å²) in [6.45, 7) is 2.65. The molecule has 0 bridgehead atoms. The Labute approximate surface area is 137 Å². The molecule has 2 atom stereocenters. The molecule has 3 rings (SSSR count). The highest BCUT2D eigenvalue weighted by Crippen LogP contribution is 2.29. The quantitative estimate of drug-likeness (QED) is 0.848. The number of amides is 1. The van der Waals surface area contributed by atoms with Gasteiger partial charge in [-0.25, -0.2) is 0 Å². The topological polar surface area (TPSA) is 40.5 Å². The minimum atomic E-state index is -0.331. The van der Waals surface area contributed by atoms with Crippen LogP contribution >= 0.6 is 11.8 Å². The smallest absolute Gasteiger partial charge is 0.233 e. The van der Waals surface area contributed by atoms with Gasteiger partial charge in [-0.05, 0) is 68.7 Å². The fourth-order valence-electron chi connectivity index (χ4n) is 3.67. The van der Waals surface area contributed by atoms with Gasteiger partial charge in [-0.3, -0.25) is 4.79 Å². The monoisotopic (exact) mass is 319 g/mol. The zero-order valence-corrected chi connectivity index (χ0v) is 14.1. The summed E-state index contributed by atoms with van der Waals surface area (Å²) in [6, 6.07) is 6.87. The van der Waals surface area contributed by atoms with Gasteiger partial charge in [0.25, 0.3) is 0 Å². The second-order valence-electron chi connectivity index (χ2n) is 6.54. The Balaban J connectivity index is 1.55. The minimum absolute atomic E-state index is 0.216. The van der Waals surface area contributed by atoms with Gasteiger partial charge in [0.2, 0.25) is 5.91 Å². The second-order valence-corrected chi connectivity index (χ2v) is 7.59. The molecule has 1 aliphatic heterocycles. The number of aryl methyl sites for hydroxylation is 2. The molecule has 0 spiro atoms. The van der Waals surface area contributed by atoms with E-state index in [-0.39, 0.29) is 18.1 Å². The predicted molar refractivity (Wildman–Crippen MR) is 90.2 cm³/mol. The van der Waals surface area contributed by atoms with Gasteiger partial charge >= 0.3 is 0 Å². The first-order valence-electron chi connectivity index (χ1n) is 8.35. The molecule has 1 aliphatic carbocycles. The van der Waals surface area contributed by atoms with Gasteiger partial charge in [0.15, 0.2) is 0 Å². The zero-order chi connectivity index (χ0) is 15.5. The first-order valence-corrected chi connectivity index (χ1v) is 9.34. The molecule has 1 saturated heterocycles. The molecule has 1 aromatic carbocycles. The van der Waals surface area contributed by atoms with E-state index < -0.39 is 0 Å². The van der Waals surface area contributed by atoms with E-state index in [4.69, 9.17) is 0 Å². The number of likely N-dealkylation sites (tertiary alicyclic amines) is 1. The molecule has 22 heavy (non-hydrogen) atoms. The predicted octanol–water partition coefficient (Wildman–Crippen LogP) is 3.03. The average molecular weight is 319 g/mol. The van der Waals surface area contributed by atoms with Crippen LogP contribution in [0.2, 0.25) is 0 Å². The number of fused-ring (bicyclic) bond motifs is 1. The summed E-state index contributed by atoms with van der Waals surface area (Å²) >= 11 is 1.65. The van der Waals surface area contributed by atoms with Crippen molar-refractivity contribution in [3.05, 3.63) is 29.3 Å². The second kappa shape index (κ2) is 7.05. The number of nitrogens with zero attached hydrogens (tertiary/aromatic N) is 1. The Bertz CT molecular complexity index is 544. The number of thioether (sulfide) groups is 1. The Morgan fingerprint density at radius 3 is 3.00 bits per heavy atom. The Morgan fingerprint density at radius 1 is 1.36 bits per heavy atom. The van der Waals surface area contributed by atoms with E-state index in [2.05, 4.69) is 18.2 Å². The van der Waals surface area contributed by atoms with E-state index >= 15 is 0 Å². The van der Waals surface area contributed by atoms with E-state index in [9.17, 15) is 9.90 Å². The summed E-state index contributed by atoms with van der Waals surface area (Å²) in [5.41, 5.74) is 2.94. The number of carbonyl (C=O) groups is 1. The third-order valence-electron chi connectivity index (χ3n) is 4.74. The van der Waals surface area contributed by atoms with Crippen molar-refractivity contribution in [2.45, 2.75) is 62.5 Å². The largest absolute Gasteiger partial charge is 0.393 e. The molecule has 1 fully saturated rings. The normalized spacial score (nSPS) is 21.9. The lowest BCUT2D eigenvalue weighted by atomic mass is 10.1. The van der Waals surface area contributed by atoms with Crippen LogP contribution in [0.25, 0.3) is 0 Å². The van der Waals surface area contributed by atoms with Crippen molar-refractivity contribution in [1.82, 2.24) is 4.90 Å². The summed E-state index contributed by atoms with van der Waals surface area (Å²) in [7, 11) is 0. The number of carbonyl (C=O) groups excluding carboxylic acids is 1. The van der Waals surface area contributed by atoms with Gasteiger partial charge in [-0.1, -0.05) is 6.07 Å². The fraction of sp³-hybridized carbons (Fsp3) is 0.611. The van der Waals surface area contributed by atoms with Crippen molar-refractivity contribution in [3.8, 4) is 0 Å². The molecule has 1 N–H and O–H groups in total. The van der Waals surface area contributed by atoms with Gasteiger partial charge < -0.3 is 10.0 Å². The van der Waals surface area contributed by atoms with Crippen LogP contribution in [-0.2, 0) is 17.6 Å². The first-order chi connectivity index (χ1) is 10.6. The maximum absolute atomic E-state index is 12.5. The summed E-state index contributed by atoms with van der Waals surface area (Å²) in [6.07, 6.45) is 6.11. The molecule has 1 aromatic rings. The SMILES string of the molecule is CC(O)CC1CCCN1C(=O)CSc1ccc2c(c1)CCC2. The Hall–Kier alpha value is -1.00. The molecule has 1 amide bonds. The van der Waals surface area contributed by atoms with Crippen molar-refractivity contribution in [2.75, 3.05) is 12.3 Å². The number of hydrogen-bond donors (Lipinski definition) is 1. The molecule has 2 aliphatic rings. The highest BCUT2D eigenvalue weighted by atomic mass is 32.2. The van der Waals surface area contributed by atoms with Gasteiger partial charge in [0.05, 0.1) is 11.9 Å². The van der Waals surface area contributed by atoms with Crippen LogP contribution in [0.15, 0.2) is 23.1 Å². The zero-order valence-electron chi connectivity index (χ0n) is 13.3. The highest BCUT2D eigenvalue weighted by Gasteiger charge is 2.29. The highest BCUT2D eigenvalue weighted by molar-refractivity contribution is 8.00.